The van der Waals surface area contributed by atoms with Crippen molar-refractivity contribution in [3.05, 3.63) is 42.1 Å². The minimum Gasteiger partial charge on any atom is -0.488 e. The Kier molecular flexibility index (Phi) is 4.38. The van der Waals surface area contributed by atoms with Crippen molar-refractivity contribution in [2.45, 2.75) is 32.0 Å². The number of anilines is 1. The van der Waals surface area contributed by atoms with Gasteiger partial charge in [0.05, 0.1) is 17.7 Å². The van der Waals surface area contributed by atoms with Gasteiger partial charge in [-0.05, 0) is 55.9 Å². The van der Waals surface area contributed by atoms with Crippen LogP contribution in [0.15, 0.2) is 30.5 Å². The molecule has 0 amide bonds. The molecule has 2 aromatic heterocycles. The van der Waals surface area contributed by atoms with Crippen molar-refractivity contribution in [3.63, 3.8) is 0 Å². The standard InChI is InChI=1S/C21H24FN5O2/c1-12-24-20-17(9-23-26(20)2)21(25-12)27-10-13-7-18(28)19(8-14(13)11-27)29-16-5-3-15(22)4-6-16/h3-6,9,13-14,18-19,28H,7-8,10-11H2,1-2H3/t13-,14+,18+,19+/m0/s1. The van der Waals surface area contributed by atoms with Gasteiger partial charge in [0.2, 0.25) is 0 Å². The van der Waals surface area contributed by atoms with Gasteiger partial charge in [-0.25, -0.2) is 14.4 Å². The summed E-state index contributed by atoms with van der Waals surface area (Å²) in [4.78, 5) is 11.5. The zero-order valence-electron chi connectivity index (χ0n) is 16.5. The molecule has 1 aliphatic carbocycles. The number of aliphatic hydroxyl groups is 1. The molecule has 29 heavy (non-hydrogen) atoms. The van der Waals surface area contributed by atoms with Crippen LogP contribution in [0.4, 0.5) is 10.2 Å². The number of hydrogen-bond acceptors (Lipinski definition) is 6. The third kappa shape index (κ3) is 3.31. The Hall–Kier alpha value is -2.74. The summed E-state index contributed by atoms with van der Waals surface area (Å²) in [6.07, 6.45) is 2.45. The molecule has 3 heterocycles. The summed E-state index contributed by atoms with van der Waals surface area (Å²) >= 11 is 0. The first-order valence-electron chi connectivity index (χ1n) is 9.99. The highest BCUT2D eigenvalue weighted by molar-refractivity contribution is 5.87. The summed E-state index contributed by atoms with van der Waals surface area (Å²) < 4.78 is 20.9. The van der Waals surface area contributed by atoms with Gasteiger partial charge in [0.1, 0.15) is 29.3 Å². The van der Waals surface area contributed by atoms with Crippen LogP contribution in [0.1, 0.15) is 18.7 Å². The third-order valence-electron chi connectivity index (χ3n) is 6.17. The van der Waals surface area contributed by atoms with E-state index in [1.807, 2.05) is 20.2 Å². The monoisotopic (exact) mass is 397 g/mol. The highest BCUT2D eigenvalue weighted by Gasteiger charge is 2.43. The molecule has 1 aromatic carbocycles. The highest BCUT2D eigenvalue weighted by Crippen LogP contribution is 2.40. The highest BCUT2D eigenvalue weighted by atomic mass is 19.1. The minimum atomic E-state index is -0.535. The smallest absolute Gasteiger partial charge is 0.163 e. The maximum absolute atomic E-state index is 13.1. The van der Waals surface area contributed by atoms with Crippen LogP contribution in [0, 0.1) is 24.6 Å². The topological polar surface area (TPSA) is 76.3 Å². The molecule has 1 aliphatic heterocycles. The van der Waals surface area contributed by atoms with Crippen LogP contribution < -0.4 is 9.64 Å². The van der Waals surface area contributed by atoms with Gasteiger partial charge in [0.25, 0.3) is 0 Å². The second-order valence-corrected chi connectivity index (χ2v) is 8.17. The maximum Gasteiger partial charge on any atom is 0.163 e. The van der Waals surface area contributed by atoms with E-state index >= 15 is 0 Å². The quantitative estimate of drug-likeness (QED) is 0.732. The molecule has 5 rings (SSSR count). The fourth-order valence-corrected chi connectivity index (χ4v) is 4.73. The van der Waals surface area contributed by atoms with E-state index in [1.54, 1.807) is 16.8 Å². The largest absolute Gasteiger partial charge is 0.488 e. The van der Waals surface area contributed by atoms with Crippen LogP contribution in [-0.4, -0.2) is 50.2 Å². The molecule has 152 valence electrons. The van der Waals surface area contributed by atoms with E-state index in [0.717, 1.165) is 42.2 Å². The van der Waals surface area contributed by atoms with Crippen molar-refractivity contribution >= 4 is 16.9 Å². The molecule has 7 nitrogen and oxygen atoms in total. The Bertz CT molecular complexity index is 1040. The SMILES string of the molecule is Cc1nc(N2C[C@H]3C[C@@H](Oc4ccc(F)cc4)[C@H](O)C[C@H]3C2)c2cnn(C)c2n1. The summed E-state index contributed by atoms with van der Waals surface area (Å²) in [5.74, 6) is 2.73. The predicted molar refractivity (Wildman–Crippen MR) is 106 cm³/mol. The molecule has 0 radical (unpaired) electrons. The van der Waals surface area contributed by atoms with Crippen molar-refractivity contribution in [1.29, 1.82) is 0 Å². The molecule has 0 bridgehead atoms. The number of aryl methyl sites for hydroxylation is 2. The second-order valence-electron chi connectivity index (χ2n) is 8.17. The molecule has 0 spiro atoms. The first-order chi connectivity index (χ1) is 14.0. The van der Waals surface area contributed by atoms with E-state index in [0.29, 0.717) is 24.0 Å². The third-order valence-corrected chi connectivity index (χ3v) is 6.17. The van der Waals surface area contributed by atoms with Crippen LogP contribution >= 0.6 is 0 Å². The fourth-order valence-electron chi connectivity index (χ4n) is 4.73. The lowest BCUT2D eigenvalue weighted by Gasteiger charge is -2.35. The van der Waals surface area contributed by atoms with Gasteiger partial charge >= 0.3 is 0 Å². The van der Waals surface area contributed by atoms with Gasteiger partial charge in [-0.2, -0.15) is 5.10 Å². The van der Waals surface area contributed by atoms with Gasteiger partial charge in [-0.15, -0.1) is 0 Å². The summed E-state index contributed by atoms with van der Waals surface area (Å²) in [7, 11) is 1.88. The van der Waals surface area contributed by atoms with Crippen molar-refractivity contribution in [1.82, 2.24) is 19.7 Å². The van der Waals surface area contributed by atoms with Crippen molar-refractivity contribution < 1.29 is 14.2 Å². The Balaban J connectivity index is 1.35. The Morgan fingerprint density at radius 1 is 1.10 bits per heavy atom. The number of rotatable bonds is 3. The molecular formula is C21H24FN5O2. The van der Waals surface area contributed by atoms with E-state index in [2.05, 4.69) is 15.0 Å². The summed E-state index contributed by atoms with van der Waals surface area (Å²) in [5.41, 5.74) is 0.833. The number of aromatic nitrogens is 4. The Morgan fingerprint density at radius 2 is 1.83 bits per heavy atom. The molecule has 1 N–H and O–H groups in total. The summed E-state index contributed by atoms with van der Waals surface area (Å²) in [6, 6.07) is 5.97. The first-order valence-corrected chi connectivity index (χ1v) is 9.99. The van der Waals surface area contributed by atoms with Gasteiger partial charge in [0.15, 0.2) is 5.65 Å². The number of benzene rings is 1. The fraction of sp³-hybridized carbons (Fsp3) is 0.476. The van der Waals surface area contributed by atoms with E-state index in [-0.39, 0.29) is 11.9 Å². The predicted octanol–water partition coefficient (Wildman–Crippen LogP) is 2.47. The van der Waals surface area contributed by atoms with Crippen molar-refractivity contribution in [2.75, 3.05) is 18.0 Å². The number of halogens is 1. The molecule has 8 heteroatoms. The molecule has 1 saturated heterocycles. The van der Waals surface area contributed by atoms with Crippen LogP contribution in [-0.2, 0) is 7.05 Å². The van der Waals surface area contributed by atoms with E-state index in [9.17, 15) is 9.50 Å². The van der Waals surface area contributed by atoms with Gasteiger partial charge in [-0.3, -0.25) is 4.68 Å². The molecule has 3 aromatic rings. The Labute approximate surface area is 168 Å². The molecule has 2 fully saturated rings. The molecule has 0 unspecified atom stereocenters. The molecule has 1 saturated carbocycles. The number of ether oxygens (including phenoxy) is 1. The number of fused-ring (bicyclic) bond motifs is 2. The molecular weight excluding hydrogens is 373 g/mol. The maximum atomic E-state index is 13.1. The first kappa shape index (κ1) is 18.3. The van der Waals surface area contributed by atoms with Crippen molar-refractivity contribution in [2.24, 2.45) is 18.9 Å². The lowest BCUT2D eigenvalue weighted by Crippen LogP contribution is -2.42. The summed E-state index contributed by atoms with van der Waals surface area (Å²) in [6.45, 7) is 3.61. The van der Waals surface area contributed by atoms with Gasteiger partial charge in [0, 0.05) is 20.1 Å². The Morgan fingerprint density at radius 3 is 2.59 bits per heavy atom. The lowest BCUT2D eigenvalue weighted by atomic mass is 9.78. The van der Waals surface area contributed by atoms with Gasteiger partial charge in [-0.1, -0.05) is 0 Å². The zero-order valence-corrected chi connectivity index (χ0v) is 16.5. The second kappa shape index (κ2) is 6.95. The van der Waals surface area contributed by atoms with E-state index < -0.39 is 6.10 Å². The van der Waals surface area contributed by atoms with Crippen LogP contribution in [0.3, 0.4) is 0 Å². The van der Waals surface area contributed by atoms with Crippen LogP contribution in [0.5, 0.6) is 5.75 Å². The average molecular weight is 397 g/mol. The number of aliphatic hydroxyl groups excluding tert-OH is 1. The normalized spacial score (nSPS) is 26.7. The number of nitrogens with zero attached hydrogens (tertiary/aromatic N) is 5. The van der Waals surface area contributed by atoms with E-state index in [4.69, 9.17) is 9.72 Å². The van der Waals surface area contributed by atoms with Crippen molar-refractivity contribution in [3.8, 4) is 5.75 Å². The average Bonchev–Trinajstić information content (AvgIpc) is 3.27. The van der Waals surface area contributed by atoms with Crippen LogP contribution in [0.2, 0.25) is 0 Å². The van der Waals surface area contributed by atoms with Gasteiger partial charge < -0.3 is 14.7 Å². The summed E-state index contributed by atoms with van der Waals surface area (Å²) in [5, 5.41) is 15.9. The van der Waals surface area contributed by atoms with E-state index in [1.165, 1.54) is 12.1 Å². The number of hydrogen-bond donors (Lipinski definition) is 1. The zero-order chi connectivity index (χ0) is 20.1. The van der Waals surface area contributed by atoms with Crippen LogP contribution in [0.25, 0.3) is 11.0 Å². The minimum absolute atomic E-state index is 0.285. The molecule has 4 atom stereocenters. The lowest BCUT2D eigenvalue weighted by molar-refractivity contribution is -0.0231. The molecule has 2 aliphatic rings.